The van der Waals surface area contributed by atoms with Gasteiger partial charge in [0.05, 0.1) is 18.4 Å². The van der Waals surface area contributed by atoms with Crippen LogP contribution in [0, 0.1) is 5.82 Å². The van der Waals surface area contributed by atoms with Gasteiger partial charge in [-0.25, -0.2) is 18.8 Å². The van der Waals surface area contributed by atoms with Crippen LogP contribution in [0.15, 0.2) is 170 Å². The largest absolute Gasteiger partial charge is 0.497 e. The molecule has 0 radical (unpaired) electrons. The Bertz CT molecular complexity index is 3320. The van der Waals surface area contributed by atoms with E-state index in [2.05, 4.69) is 77.5 Å². The number of carbonyl (C=O) groups excluding carboxylic acids is 5. The summed E-state index contributed by atoms with van der Waals surface area (Å²) in [6, 6.07) is 46.3. The number of methoxy groups -OCH3 is 1. The van der Waals surface area contributed by atoms with E-state index < -0.39 is 23.6 Å². The van der Waals surface area contributed by atoms with Crippen molar-refractivity contribution in [3.63, 3.8) is 0 Å². The zero-order chi connectivity index (χ0) is 67.6. The number of nitrogens with one attached hydrogen (secondary N) is 4. The molecule has 3 saturated heterocycles. The van der Waals surface area contributed by atoms with Crippen molar-refractivity contribution in [3.8, 4) is 5.75 Å². The van der Waals surface area contributed by atoms with Crippen molar-refractivity contribution in [2.45, 2.75) is 155 Å². The van der Waals surface area contributed by atoms with Crippen LogP contribution in [0.4, 0.5) is 54.7 Å². The number of halogens is 4. The Morgan fingerprint density at radius 1 is 0.543 bits per heavy atom. The molecule has 504 valence electrons. The predicted molar refractivity (Wildman–Crippen MR) is 366 cm³/mol. The normalized spacial score (nSPS) is 15.5. The number of nitrogens with zero attached hydrogens (tertiary/aromatic N) is 6. The molecule has 3 heterocycles. The van der Waals surface area contributed by atoms with Crippen molar-refractivity contribution in [3.05, 3.63) is 198 Å². The van der Waals surface area contributed by atoms with Crippen molar-refractivity contribution in [2.24, 2.45) is 0 Å². The van der Waals surface area contributed by atoms with Crippen LogP contribution in [-0.4, -0.2) is 136 Å². The Balaban J connectivity index is 0.000000200. The first kappa shape index (κ1) is 72.7. The minimum atomic E-state index is -4.49. The van der Waals surface area contributed by atoms with Crippen molar-refractivity contribution >= 4 is 52.7 Å². The van der Waals surface area contributed by atoms with E-state index in [1.54, 1.807) is 34.1 Å². The van der Waals surface area contributed by atoms with Gasteiger partial charge in [-0.1, -0.05) is 130 Å². The Morgan fingerprint density at radius 3 is 1.33 bits per heavy atom. The van der Waals surface area contributed by atoms with Gasteiger partial charge < -0.3 is 55.4 Å². The van der Waals surface area contributed by atoms with Crippen molar-refractivity contribution in [2.75, 3.05) is 67.6 Å². The lowest BCUT2D eigenvalue weighted by Gasteiger charge is -2.40. The molecule has 6 aromatic rings. The number of rotatable bonds is 21. The lowest BCUT2D eigenvalue weighted by atomic mass is 10.00. The zero-order valence-corrected chi connectivity index (χ0v) is 55.3. The molecule has 0 spiro atoms. The van der Waals surface area contributed by atoms with E-state index in [-0.39, 0.29) is 53.4 Å². The molecule has 16 nitrogen and oxygen atoms in total. The van der Waals surface area contributed by atoms with E-state index >= 15 is 0 Å². The number of hydrogen-bond acceptors (Lipinski definition) is 8. The fourth-order valence-electron chi connectivity index (χ4n) is 12.4. The lowest BCUT2D eigenvalue weighted by molar-refractivity contribution is -0.137. The Labute approximate surface area is 552 Å². The Morgan fingerprint density at radius 2 is 0.947 bits per heavy atom. The van der Waals surface area contributed by atoms with Gasteiger partial charge in [0, 0.05) is 119 Å². The van der Waals surface area contributed by atoms with Gasteiger partial charge in [-0.15, -0.1) is 0 Å². The summed E-state index contributed by atoms with van der Waals surface area (Å²) in [7, 11) is 1.49. The van der Waals surface area contributed by atoms with E-state index in [1.165, 1.54) is 64.0 Å². The lowest BCUT2D eigenvalue weighted by Crippen LogP contribution is -2.50. The SMILES string of the molecule is C=CC(=O)N1CCC(N(Cc2ccccc2)C(=O)Nc2cccc(C(F)(F)F)c2)CC1.CCCC(C)N1CCC(N(Cc2ccccc2)C(=O)Nc2ccc(NC(C)=O)cc2)CC1.CCCC(C)N1CCC(N(Cc2ccccc2)C(=O)Nc2ccc(OC)cc2F)CC1. The quantitative estimate of drug-likeness (QED) is 0.0409. The smallest absolute Gasteiger partial charge is 0.416 e. The van der Waals surface area contributed by atoms with Crippen LogP contribution in [0.5, 0.6) is 5.75 Å². The highest BCUT2D eigenvalue weighted by molar-refractivity contribution is 5.92. The molecule has 3 fully saturated rings. The second-order valence-electron chi connectivity index (χ2n) is 24.4. The minimum Gasteiger partial charge on any atom is -0.497 e. The fourth-order valence-corrected chi connectivity index (χ4v) is 12.4. The molecule has 0 saturated carbocycles. The third-order valence-electron chi connectivity index (χ3n) is 17.6. The van der Waals surface area contributed by atoms with Gasteiger partial charge in [0.2, 0.25) is 11.8 Å². The third-order valence-corrected chi connectivity index (χ3v) is 17.6. The molecule has 9 rings (SSSR count). The van der Waals surface area contributed by atoms with Crippen molar-refractivity contribution in [1.29, 1.82) is 0 Å². The summed E-state index contributed by atoms with van der Waals surface area (Å²) in [5.74, 6) is -0.349. The third kappa shape index (κ3) is 22.5. The highest BCUT2D eigenvalue weighted by atomic mass is 19.4. The van der Waals surface area contributed by atoms with Gasteiger partial charge in [0.1, 0.15) is 11.6 Å². The molecular weight excluding hydrogens is 1200 g/mol. The second-order valence-corrected chi connectivity index (χ2v) is 24.4. The Hall–Kier alpha value is -8.75. The summed E-state index contributed by atoms with van der Waals surface area (Å²) in [6.07, 6.45) is 6.50. The van der Waals surface area contributed by atoms with Gasteiger partial charge in [-0.3, -0.25) is 9.59 Å². The van der Waals surface area contributed by atoms with Gasteiger partial charge in [-0.05, 0) is 143 Å². The average Bonchev–Trinajstić information content (AvgIpc) is 1.98. The van der Waals surface area contributed by atoms with Gasteiger partial charge in [-0.2, -0.15) is 13.2 Å². The topological polar surface area (TPSA) is 162 Å². The van der Waals surface area contributed by atoms with Crippen LogP contribution < -0.4 is 26.0 Å². The number of anilines is 4. The van der Waals surface area contributed by atoms with E-state index in [9.17, 15) is 41.5 Å². The predicted octanol–water partition coefficient (Wildman–Crippen LogP) is 15.8. The number of hydrogen-bond donors (Lipinski definition) is 4. The van der Waals surface area contributed by atoms with Crippen LogP contribution in [0.2, 0.25) is 0 Å². The zero-order valence-electron chi connectivity index (χ0n) is 55.3. The molecular formula is C74H94F4N10O6. The van der Waals surface area contributed by atoms with Crippen molar-refractivity contribution in [1.82, 2.24) is 29.4 Å². The molecule has 2 unspecified atom stereocenters. The molecule has 0 aromatic heterocycles. The molecule has 3 aliphatic heterocycles. The fraction of sp³-hybridized carbons (Fsp3) is 0.419. The number of likely N-dealkylation sites (tertiary alicyclic amines) is 3. The first-order valence-corrected chi connectivity index (χ1v) is 32.9. The number of carbonyl (C=O) groups is 5. The molecule has 3 aliphatic rings. The maximum atomic E-state index is 14.4. The van der Waals surface area contributed by atoms with Gasteiger partial charge in [0.15, 0.2) is 0 Å². The maximum Gasteiger partial charge on any atom is 0.416 e. The first-order valence-electron chi connectivity index (χ1n) is 32.9. The number of benzene rings is 6. The standard InChI is InChI=1S/C26H36N4O2.C25H34FN3O2.C23H24F3N3O2/c1-4-8-20(2)29-17-15-25(16-18-29)30(19-22-9-6-5-7-10-22)26(32)28-24-13-11-23(12-14-24)27-21(3)31;1-4-8-19(2)28-15-13-21(14-16-28)29(18-20-9-6-5-7-10-20)25(30)27-24-12-11-22(31-3)17-23(24)26;1-2-21(30)28-13-11-20(12-14-28)29(16-17-7-4-3-5-8-17)22(31)27-19-10-6-9-18(15-19)23(24,25)26/h5-7,9-14,20,25H,4,8,15-19H2,1-3H3,(H,27,31)(H,28,32);5-7,9-12,17,19,21H,4,8,13-16,18H2,1-3H3,(H,27,30);2-10,15,20H,1,11-14,16H2,(H,27,31). The number of piperidine rings is 3. The molecule has 0 bridgehead atoms. The van der Waals surface area contributed by atoms with Crippen LogP contribution >= 0.6 is 0 Å². The number of ether oxygens (including phenoxy) is 1. The Kier molecular flexibility index (Phi) is 28.3. The number of urea groups is 3. The number of alkyl halides is 3. The highest BCUT2D eigenvalue weighted by Gasteiger charge is 2.34. The van der Waals surface area contributed by atoms with E-state index in [4.69, 9.17) is 4.74 Å². The van der Waals surface area contributed by atoms with Gasteiger partial charge in [0.25, 0.3) is 0 Å². The van der Waals surface area contributed by atoms with Crippen LogP contribution in [0.25, 0.3) is 0 Å². The van der Waals surface area contributed by atoms with Gasteiger partial charge >= 0.3 is 24.3 Å². The van der Waals surface area contributed by atoms with E-state index in [0.717, 1.165) is 86.4 Å². The summed E-state index contributed by atoms with van der Waals surface area (Å²) in [6.45, 7) is 20.4. The molecule has 6 aromatic carbocycles. The van der Waals surface area contributed by atoms with Crippen LogP contribution in [0.1, 0.15) is 121 Å². The summed E-state index contributed by atoms with van der Waals surface area (Å²) >= 11 is 0. The monoisotopic (exact) mass is 1290 g/mol. The van der Waals surface area contributed by atoms with Crippen LogP contribution in [-0.2, 0) is 35.4 Å². The summed E-state index contributed by atoms with van der Waals surface area (Å²) in [4.78, 5) is 75.0. The molecule has 20 heteroatoms. The minimum absolute atomic E-state index is 0.0807. The highest BCUT2D eigenvalue weighted by Crippen LogP contribution is 2.32. The molecule has 2 atom stereocenters. The van der Waals surface area contributed by atoms with Crippen LogP contribution in [0.3, 0.4) is 0 Å². The first-order chi connectivity index (χ1) is 45.2. The molecule has 4 N–H and O–H groups in total. The second kappa shape index (κ2) is 36.6. The average molecular weight is 1300 g/mol. The summed E-state index contributed by atoms with van der Waals surface area (Å²) in [5.41, 5.74) is 3.96. The molecule has 0 aliphatic carbocycles. The summed E-state index contributed by atoms with van der Waals surface area (Å²) < 4.78 is 58.5. The maximum absolute atomic E-state index is 14.4. The molecule has 94 heavy (non-hydrogen) atoms. The van der Waals surface area contributed by atoms with E-state index in [1.807, 2.05) is 101 Å². The van der Waals surface area contributed by atoms with E-state index in [0.29, 0.717) is 69.1 Å². The summed E-state index contributed by atoms with van der Waals surface area (Å²) in [5, 5.41) is 11.2. The molecule has 8 amide bonds. The van der Waals surface area contributed by atoms with Crippen molar-refractivity contribution < 1.29 is 46.3 Å². The number of amides is 8.